The highest BCUT2D eigenvalue weighted by Crippen LogP contribution is 2.20. The van der Waals surface area contributed by atoms with Gasteiger partial charge in [0.15, 0.2) is 0 Å². The first kappa shape index (κ1) is 13.6. The molecule has 1 aromatic carbocycles. The third kappa shape index (κ3) is 3.82. The van der Waals surface area contributed by atoms with Gasteiger partial charge in [0.25, 0.3) is 0 Å². The predicted octanol–water partition coefficient (Wildman–Crippen LogP) is 2.82. The largest absolute Gasteiger partial charge is 0.327 e. The molecule has 1 aliphatic rings. The van der Waals surface area contributed by atoms with Crippen LogP contribution in [-0.2, 0) is 6.42 Å². The minimum absolute atomic E-state index is 0.317. The van der Waals surface area contributed by atoms with Gasteiger partial charge in [0.1, 0.15) is 0 Å². The molecule has 0 aliphatic carbocycles. The SMILES string of the molecule is CCC1CCCN1CC(N)CCc1ccccc1. The van der Waals surface area contributed by atoms with Gasteiger partial charge in [-0.2, -0.15) is 0 Å². The fourth-order valence-electron chi connectivity index (χ4n) is 2.99. The summed E-state index contributed by atoms with van der Waals surface area (Å²) in [5.41, 5.74) is 7.68. The molecule has 2 rings (SSSR count). The smallest absolute Gasteiger partial charge is 0.0171 e. The first-order valence-corrected chi connectivity index (χ1v) is 7.33. The molecule has 2 heteroatoms. The second-order valence-corrected chi connectivity index (χ2v) is 5.48. The van der Waals surface area contributed by atoms with Crippen LogP contribution in [-0.4, -0.2) is 30.1 Å². The number of likely N-dealkylation sites (tertiary alicyclic amines) is 1. The Morgan fingerprint density at radius 3 is 2.83 bits per heavy atom. The maximum Gasteiger partial charge on any atom is 0.0171 e. The van der Waals surface area contributed by atoms with Crippen molar-refractivity contribution in [2.45, 2.75) is 51.1 Å². The third-order valence-corrected chi connectivity index (χ3v) is 4.09. The topological polar surface area (TPSA) is 29.3 Å². The maximum absolute atomic E-state index is 6.28. The Hall–Kier alpha value is -0.860. The first-order chi connectivity index (χ1) is 8.79. The molecule has 2 atom stereocenters. The zero-order valence-corrected chi connectivity index (χ0v) is 11.5. The molecule has 2 N–H and O–H groups in total. The van der Waals surface area contributed by atoms with Crippen molar-refractivity contribution in [2.24, 2.45) is 5.73 Å². The molecule has 0 saturated carbocycles. The summed E-state index contributed by atoms with van der Waals surface area (Å²) in [6.45, 7) is 4.61. The van der Waals surface area contributed by atoms with E-state index in [9.17, 15) is 0 Å². The summed E-state index contributed by atoms with van der Waals surface area (Å²) in [5.74, 6) is 0. The number of nitrogens with zero attached hydrogens (tertiary/aromatic N) is 1. The van der Waals surface area contributed by atoms with Crippen LogP contribution in [0, 0.1) is 0 Å². The highest BCUT2D eigenvalue weighted by atomic mass is 15.2. The van der Waals surface area contributed by atoms with Crippen LogP contribution >= 0.6 is 0 Å². The Bertz CT molecular complexity index is 336. The molecule has 0 bridgehead atoms. The molecule has 18 heavy (non-hydrogen) atoms. The van der Waals surface area contributed by atoms with E-state index in [2.05, 4.69) is 42.2 Å². The lowest BCUT2D eigenvalue weighted by Gasteiger charge is -2.26. The quantitative estimate of drug-likeness (QED) is 0.836. The van der Waals surface area contributed by atoms with Gasteiger partial charge in [0.2, 0.25) is 0 Å². The Morgan fingerprint density at radius 2 is 2.11 bits per heavy atom. The van der Waals surface area contributed by atoms with E-state index in [4.69, 9.17) is 5.73 Å². The van der Waals surface area contributed by atoms with Crippen molar-refractivity contribution in [2.75, 3.05) is 13.1 Å². The van der Waals surface area contributed by atoms with Crippen molar-refractivity contribution in [3.8, 4) is 0 Å². The molecule has 1 heterocycles. The monoisotopic (exact) mass is 246 g/mol. The van der Waals surface area contributed by atoms with Crippen LogP contribution in [0.3, 0.4) is 0 Å². The zero-order chi connectivity index (χ0) is 12.8. The van der Waals surface area contributed by atoms with Crippen molar-refractivity contribution < 1.29 is 0 Å². The van der Waals surface area contributed by atoms with Crippen molar-refractivity contribution in [1.82, 2.24) is 4.90 Å². The van der Waals surface area contributed by atoms with Crippen LogP contribution in [0.2, 0.25) is 0 Å². The molecule has 2 nitrogen and oxygen atoms in total. The molecule has 100 valence electrons. The van der Waals surface area contributed by atoms with E-state index in [0.717, 1.165) is 25.4 Å². The van der Waals surface area contributed by atoms with Crippen LogP contribution < -0.4 is 5.73 Å². The predicted molar refractivity (Wildman–Crippen MR) is 77.6 cm³/mol. The van der Waals surface area contributed by atoms with Crippen LogP contribution in [0.5, 0.6) is 0 Å². The summed E-state index contributed by atoms with van der Waals surface area (Å²) in [7, 11) is 0. The molecule has 1 saturated heterocycles. The lowest BCUT2D eigenvalue weighted by molar-refractivity contribution is 0.230. The van der Waals surface area contributed by atoms with Crippen molar-refractivity contribution in [1.29, 1.82) is 0 Å². The number of nitrogens with two attached hydrogens (primary N) is 1. The van der Waals surface area contributed by atoms with Crippen LogP contribution in [0.4, 0.5) is 0 Å². The molecular formula is C16H26N2. The van der Waals surface area contributed by atoms with Gasteiger partial charge in [-0.25, -0.2) is 0 Å². The standard InChI is InChI=1S/C16H26N2/c1-2-16-9-6-12-18(16)13-15(17)11-10-14-7-4-3-5-8-14/h3-5,7-8,15-16H,2,6,9-13,17H2,1H3. The van der Waals surface area contributed by atoms with E-state index < -0.39 is 0 Å². The summed E-state index contributed by atoms with van der Waals surface area (Å²) in [6.07, 6.45) is 6.18. The molecule has 1 aliphatic heterocycles. The highest BCUT2D eigenvalue weighted by molar-refractivity contribution is 5.14. The molecule has 0 amide bonds. The fraction of sp³-hybridized carbons (Fsp3) is 0.625. The Balaban J connectivity index is 1.73. The van der Waals surface area contributed by atoms with E-state index in [0.29, 0.717) is 6.04 Å². The Kier molecular flexibility index (Phi) is 5.21. The molecule has 1 fully saturated rings. The number of benzene rings is 1. The van der Waals surface area contributed by atoms with E-state index in [1.165, 1.54) is 31.4 Å². The third-order valence-electron chi connectivity index (χ3n) is 4.09. The lowest BCUT2D eigenvalue weighted by atomic mass is 10.0. The van der Waals surface area contributed by atoms with Gasteiger partial charge in [-0.1, -0.05) is 37.3 Å². The summed E-state index contributed by atoms with van der Waals surface area (Å²) >= 11 is 0. The summed E-state index contributed by atoms with van der Waals surface area (Å²) in [6, 6.07) is 11.8. The second-order valence-electron chi connectivity index (χ2n) is 5.48. The summed E-state index contributed by atoms with van der Waals surface area (Å²) in [5, 5.41) is 0. The number of hydrogen-bond donors (Lipinski definition) is 1. The van der Waals surface area contributed by atoms with E-state index in [1.54, 1.807) is 0 Å². The van der Waals surface area contributed by atoms with E-state index >= 15 is 0 Å². The highest BCUT2D eigenvalue weighted by Gasteiger charge is 2.23. The average molecular weight is 246 g/mol. The van der Waals surface area contributed by atoms with Gasteiger partial charge in [0, 0.05) is 18.6 Å². The van der Waals surface area contributed by atoms with Gasteiger partial charge in [-0.3, -0.25) is 4.90 Å². The van der Waals surface area contributed by atoms with E-state index in [-0.39, 0.29) is 0 Å². The Morgan fingerprint density at radius 1 is 1.33 bits per heavy atom. The van der Waals surface area contributed by atoms with Crippen molar-refractivity contribution in [3.05, 3.63) is 35.9 Å². The minimum Gasteiger partial charge on any atom is -0.327 e. The molecule has 0 radical (unpaired) electrons. The number of hydrogen-bond acceptors (Lipinski definition) is 2. The zero-order valence-electron chi connectivity index (χ0n) is 11.5. The second kappa shape index (κ2) is 6.91. The lowest BCUT2D eigenvalue weighted by Crippen LogP contribution is -2.40. The average Bonchev–Trinajstić information content (AvgIpc) is 2.85. The summed E-state index contributed by atoms with van der Waals surface area (Å²) < 4.78 is 0. The fourth-order valence-corrected chi connectivity index (χ4v) is 2.99. The van der Waals surface area contributed by atoms with Crippen LogP contribution in [0.25, 0.3) is 0 Å². The van der Waals surface area contributed by atoms with Gasteiger partial charge < -0.3 is 5.73 Å². The van der Waals surface area contributed by atoms with Crippen molar-refractivity contribution >= 4 is 0 Å². The van der Waals surface area contributed by atoms with Crippen LogP contribution in [0.1, 0.15) is 38.2 Å². The Labute approximate surface area is 111 Å². The molecule has 2 unspecified atom stereocenters. The number of aryl methyl sites for hydroxylation is 1. The van der Waals surface area contributed by atoms with Gasteiger partial charge in [-0.15, -0.1) is 0 Å². The maximum atomic E-state index is 6.28. The normalized spacial score (nSPS) is 22.2. The molecule has 1 aromatic rings. The first-order valence-electron chi connectivity index (χ1n) is 7.33. The molecule has 0 aromatic heterocycles. The van der Waals surface area contributed by atoms with Crippen LogP contribution in [0.15, 0.2) is 30.3 Å². The van der Waals surface area contributed by atoms with E-state index in [1.807, 2.05) is 0 Å². The van der Waals surface area contributed by atoms with Crippen molar-refractivity contribution in [3.63, 3.8) is 0 Å². The minimum atomic E-state index is 0.317. The summed E-state index contributed by atoms with van der Waals surface area (Å²) in [4.78, 5) is 2.59. The van der Waals surface area contributed by atoms with Gasteiger partial charge in [-0.05, 0) is 44.2 Å². The van der Waals surface area contributed by atoms with Gasteiger partial charge in [0.05, 0.1) is 0 Å². The molecular weight excluding hydrogens is 220 g/mol. The van der Waals surface area contributed by atoms with Gasteiger partial charge >= 0.3 is 0 Å². The molecule has 0 spiro atoms. The number of rotatable bonds is 6.